The highest BCUT2D eigenvalue weighted by Gasteiger charge is 2.30. The van der Waals surface area contributed by atoms with Crippen LogP contribution in [-0.2, 0) is 4.79 Å². The van der Waals surface area contributed by atoms with Gasteiger partial charge < -0.3 is 20.5 Å². The van der Waals surface area contributed by atoms with E-state index >= 15 is 0 Å². The minimum Gasteiger partial charge on any atom is -0.368 e. The normalized spacial score (nSPS) is 19.8. The van der Waals surface area contributed by atoms with Gasteiger partial charge in [-0.05, 0) is 6.92 Å². The van der Waals surface area contributed by atoms with E-state index in [1.54, 1.807) is 0 Å². The molecule has 3 N–H and O–H groups in total. The Morgan fingerprint density at radius 2 is 2.42 bits per heavy atom. The molecule has 1 amide bonds. The van der Waals surface area contributed by atoms with Crippen LogP contribution in [0.1, 0.15) is 5.69 Å². The monoisotopic (exact) mass is 262 g/mol. The number of hydrogen-bond donors (Lipinski definition) is 2. The second-order valence-corrected chi connectivity index (χ2v) is 4.46. The molecule has 8 heteroatoms. The molecular weight excluding hydrogens is 248 g/mol. The van der Waals surface area contributed by atoms with Gasteiger partial charge in [-0.25, -0.2) is 4.98 Å². The largest absolute Gasteiger partial charge is 0.368 e. The first-order chi connectivity index (χ1) is 9.18. The van der Waals surface area contributed by atoms with Crippen LogP contribution in [0.25, 0.3) is 11.1 Å². The third kappa shape index (κ3) is 1.89. The van der Waals surface area contributed by atoms with E-state index in [2.05, 4.69) is 20.4 Å². The van der Waals surface area contributed by atoms with Gasteiger partial charge in [0.05, 0.1) is 5.69 Å². The molecule has 1 aliphatic rings. The second-order valence-electron chi connectivity index (χ2n) is 4.46. The first kappa shape index (κ1) is 11.8. The minimum absolute atomic E-state index is 0.381. The van der Waals surface area contributed by atoms with E-state index in [1.807, 2.05) is 11.8 Å². The number of aryl methyl sites for hydroxylation is 1. The lowest BCUT2D eigenvalue weighted by atomic mass is 10.1. The first-order valence-corrected chi connectivity index (χ1v) is 6.02. The molecule has 0 aliphatic carbocycles. The molecule has 0 saturated carbocycles. The molecule has 3 heterocycles. The Labute approximate surface area is 109 Å². The van der Waals surface area contributed by atoms with E-state index in [0.29, 0.717) is 30.3 Å². The maximum Gasteiger partial charge on any atom is 0.263 e. The number of aromatic nitrogens is 3. The fourth-order valence-corrected chi connectivity index (χ4v) is 2.33. The molecule has 0 spiro atoms. The van der Waals surface area contributed by atoms with E-state index in [0.717, 1.165) is 11.9 Å². The quantitative estimate of drug-likeness (QED) is 0.728. The van der Waals surface area contributed by atoms with Crippen molar-refractivity contribution in [3.05, 3.63) is 12.0 Å². The van der Waals surface area contributed by atoms with Crippen LogP contribution in [0.3, 0.4) is 0 Å². The molecule has 3 rings (SSSR count). The average Bonchev–Trinajstić information content (AvgIpc) is 2.81. The Balaban J connectivity index is 2.11. The molecule has 0 aromatic carbocycles. The lowest BCUT2D eigenvalue weighted by Gasteiger charge is -2.35. The van der Waals surface area contributed by atoms with Crippen LogP contribution < -0.4 is 16.0 Å². The molecule has 2 aromatic heterocycles. The zero-order chi connectivity index (χ0) is 13.4. The minimum atomic E-state index is -0.429. The molecule has 1 fully saturated rings. The SMILES string of the molecule is Cc1noc2ncnc(N3CCNCC3C(N)=O)c12. The topological polar surface area (TPSA) is 110 Å². The zero-order valence-electron chi connectivity index (χ0n) is 10.5. The zero-order valence-corrected chi connectivity index (χ0v) is 10.5. The van der Waals surface area contributed by atoms with E-state index in [-0.39, 0.29) is 5.91 Å². The van der Waals surface area contributed by atoms with Gasteiger partial charge in [0.1, 0.15) is 23.6 Å². The summed E-state index contributed by atoms with van der Waals surface area (Å²) in [6.45, 7) is 3.73. The van der Waals surface area contributed by atoms with Gasteiger partial charge in [0.15, 0.2) is 0 Å². The summed E-state index contributed by atoms with van der Waals surface area (Å²) in [7, 11) is 0. The van der Waals surface area contributed by atoms with Crippen molar-refractivity contribution in [2.45, 2.75) is 13.0 Å². The molecule has 100 valence electrons. The molecular formula is C11H14N6O2. The smallest absolute Gasteiger partial charge is 0.263 e. The molecule has 1 unspecified atom stereocenters. The van der Waals surface area contributed by atoms with E-state index < -0.39 is 6.04 Å². The van der Waals surface area contributed by atoms with Gasteiger partial charge in [0.25, 0.3) is 5.71 Å². The Hall–Kier alpha value is -2.22. The fourth-order valence-electron chi connectivity index (χ4n) is 2.33. The third-order valence-corrected chi connectivity index (χ3v) is 3.27. The van der Waals surface area contributed by atoms with Crippen LogP contribution in [0.2, 0.25) is 0 Å². The van der Waals surface area contributed by atoms with Gasteiger partial charge in [-0.15, -0.1) is 0 Å². The summed E-state index contributed by atoms with van der Waals surface area (Å²) in [4.78, 5) is 21.7. The molecule has 1 aliphatic heterocycles. The highest BCUT2D eigenvalue weighted by atomic mass is 16.5. The molecule has 19 heavy (non-hydrogen) atoms. The fraction of sp³-hybridized carbons (Fsp3) is 0.455. The number of piperazine rings is 1. The number of rotatable bonds is 2. The van der Waals surface area contributed by atoms with Crippen LogP contribution >= 0.6 is 0 Å². The lowest BCUT2D eigenvalue weighted by Crippen LogP contribution is -2.57. The second kappa shape index (κ2) is 4.47. The van der Waals surface area contributed by atoms with Crippen molar-refractivity contribution in [1.82, 2.24) is 20.4 Å². The highest BCUT2D eigenvalue weighted by molar-refractivity contribution is 5.91. The van der Waals surface area contributed by atoms with Gasteiger partial charge in [-0.2, -0.15) is 4.98 Å². The van der Waals surface area contributed by atoms with Gasteiger partial charge >= 0.3 is 0 Å². The van der Waals surface area contributed by atoms with Crippen molar-refractivity contribution in [3.8, 4) is 0 Å². The van der Waals surface area contributed by atoms with Crippen LogP contribution in [0.4, 0.5) is 5.82 Å². The number of nitrogens with zero attached hydrogens (tertiary/aromatic N) is 4. The number of hydrogen-bond acceptors (Lipinski definition) is 7. The Bertz CT molecular complexity index is 625. The van der Waals surface area contributed by atoms with Crippen molar-refractivity contribution < 1.29 is 9.32 Å². The van der Waals surface area contributed by atoms with Gasteiger partial charge in [0, 0.05) is 19.6 Å². The van der Waals surface area contributed by atoms with E-state index in [9.17, 15) is 4.79 Å². The van der Waals surface area contributed by atoms with Crippen molar-refractivity contribution in [2.24, 2.45) is 5.73 Å². The average molecular weight is 262 g/mol. The lowest BCUT2D eigenvalue weighted by molar-refractivity contribution is -0.119. The van der Waals surface area contributed by atoms with Crippen molar-refractivity contribution in [1.29, 1.82) is 0 Å². The first-order valence-electron chi connectivity index (χ1n) is 6.02. The van der Waals surface area contributed by atoms with Crippen LogP contribution in [0.15, 0.2) is 10.9 Å². The predicted octanol–water partition coefficient (Wildman–Crippen LogP) is -0.810. The van der Waals surface area contributed by atoms with Gasteiger partial charge in [-0.3, -0.25) is 4.79 Å². The standard InChI is InChI=1S/C11H14N6O2/c1-6-8-10(14-5-15-11(8)19-16-6)17-3-2-13-4-7(17)9(12)18/h5,7,13H,2-4H2,1H3,(H2,12,18). The predicted molar refractivity (Wildman–Crippen MR) is 67.5 cm³/mol. The number of anilines is 1. The summed E-state index contributed by atoms with van der Waals surface area (Å²) in [5.41, 5.74) is 6.57. The number of amides is 1. The number of fused-ring (bicyclic) bond motifs is 1. The summed E-state index contributed by atoms with van der Waals surface area (Å²) in [5, 5.41) is 7.76. The van der Waals surface area contributed by atoms with Crippen LogP contribution in [-0.4, -0.2) is 46.7 Å². The number of carbonyl (C=O) groups excluding carboxylic acids is 1. The number of carbonyl (C=O) groups is 1. The van der Waals surface area contributed by atoms with Crippen molar-refractivity contribution >= 4 is 22.8 Å². The Morgan fingerprint density at radius 1 is 1.58 bits per heavy atom. The highest BCUT2D eigenvalue weighted by Crippen LogP contribution is 2.27. The number of nitrogens with two attached hydrogens (primary N) is 1. The van der Waals surface area contributed by atoms with E-state index in [1.165, 1.54) is 6.33 Å². The maximum absolute atomic E-state index is 11.6. The molecule has 0 bridgehead atoms. The molecule has 1 saturated heterocycles. The Kier molecular flexibility index (Phi) is 2.79. The van der Waals surface area contributed by atoms with Crippen molar-refractivity contribution in [3.63, 3.8) is 0 Å². The van der Waals surface area contributed by atoms with Gasteiger partial charge in [0.2, 0.25) is 5.91 Å². The summed E-state index contributed by atoms with van der Waals surface area (Å²) < 4.78 is 5.12. The Morgan fingerprint density at radius 3 is 3.21 bits per heavy atom. The van der Waals surface area contributed by atoms with Crippen LogP contribution in [0, 0.1) is 6.92 Å². The molecule has 0 radical (unpaired) electrons. The summed E-state index contributed by atoms with van der Waals surface area (Å²) >= 11 is 0. The van der Waals surface area contributed by atoms with E-state index in [4.69, 9.17) is 10.3 Å². The third-order valence-electron chi connectivity index (χ3n) is 3.27. The van der Waals surface area contributed by atoms with Gasteiger partial charge in [-0.1, -0.05) is 5.16 Å². The number of primary amides is 1. The molecule has 2 aromatic rings. The van der Waals surface area contributed by atoms with Crippen molar-refractivity contribution in [2.75, 3.05) is 24.5 Å². The summed E-state index contributed by atoms with van der Waals surface area (Å²) in [6.07, 6.45) is 1.41. The van der Waals surface area contributed by atoms with Crippen LogP contribution in [0.5, 0.6) is 0 Å². The summed E-state index contributed by atoms with van der Waals surface area (Å²) in [5.74, 6) is 0.266. The molecule has 1 atom stereocenters. The maximum atomic E-state index is 11.6. The number of nitrogens with one attached hydrogen (secondary N) is 1. The summed E-state index contributed by atoms with van der Waals surface area (Å²) in [6, 6.07) is -0.429. The molecule has 8 nitrogen and oxygen atoms in total.